The quantitative estimate of drug-likeness (QED) is 0.389. The number of fused-ring (bicyclic) bond motifs is 8. The smallest absolute Gasteiger partial charge is 0.255 e. The fraction of sp³-hybridized carbons (Fsp3) is 0.476. The molecular weight excluding hydrogens is 592 g/mol. The second-order valence-electron chi connectivity index (χ2n) is 16.6. The van der Waals surface area contributed by atoms with E-state index in [0.29, 0.717) is 35.8 Å². The van der Waals surface area contributed by atoms with Crippen LogP contribution in [0.15, 0.2) is 95.6 Å². The number of nitrogens with zero attached hydrogens (tertiary/aromatic N) is 4. The van der Waals surface area contributed by atoms with Crippen molar-refractivity contribution in [2.45, 2.75) is 80.6 Å². The molecule has 48 heavy (non-hydrogen) atoms. The zero-order chi connectivity index (χ0) is 31.8. The minimum atomic E-state index is -0.187. The minimum Gasteiger partial charge on any atom is -0.304 e. The minimum absolute atomic E-state index is 0.0143. The molecule has 0 unspecified atom stereocenters. The first-order valence-electron chi connectivity index (χ1n) is 18.6. The molecule has 6 nitrogen and oxygen atoms in total. The molecule has 0 N–H and O–H groups in total. The summed E-state index contributed by atoms with van der Waals surface area (Å²) < 4.78 is 0. The Morgan fingerprint density at radius 3 is 2.23 bits per heavy atom. The summed E-state index contributed by atoms with van der Waals surface area (Å²) >= 11 is 0. The van der Waals surface area contributed by atoms with Crippen LogP contribution in [0.1, 0.15) is 50.7 Å². The Bertz CT molecular complexity index is 2010. The summed E-state index contributed by atoms with van der Waals surface area (Å²) in [6, 6.07) is 18.8. The average Bonchev–Trinajstić information content (AvgIpc) is 3.85. The van der Waals surface area contributed by atoms with Gasteiger partial charge in [-0.05, 0) is 87.2 Å². The number of hydrogen-bond donors (Lipinski definition) is 0. The average molecular weight is 635 g/mol. The van der Waals surface area contributed by atoms with E-state index in [9.17, 15) is 4.79 Å². The van der Waals surface area contributed by atoms with Crippen molar-refractivity contribution in [1.82, 2.24) is 9.80 Å². The van der Waals surface area contributed by atoms with Gasteiger partial charge in [0.2, 0.25) is 0 Å². The standard InChI is InChI=1S/C42H42N4O2/c1-3-23-21-43-16-15-41-30-9-5-8-12-33(30)46-39(41)28(27(23)18-35(41)43)17-29(40(46)48)34-20-42-31-10-6-7-11-32(31)45-37(47)14-13-25(38(42)45)26-19-36(42)44(34)22-24(26)4-2/h3-14,17,25-28,34-36,38-39H,15-16,18-22H2,1-2H3/b23-3+,24-4?/t25-,26+,27+,28+,34-,35+,36+,38+,39+,41-,42-/m1/s1. The van der Waals surface area contributed by atoms with Crippen molar-refractivity contribution in [2.75, 3.05) is 29.4 Å². The van der Waals surface area contributed by atoms with E-state index in [1.807, 2.05) is 6.08 Å². The van der Waals surface area contributed by atoms with Crippen LogP contribution in [0, 0.1) is 23.7 Å². The number of rotatable bonds is 1. The summed E-state index contributed by atoms with van der Waals surface area (Å²) in [4.78, 5) is 39.2. The zero-order valence-electron chi connectivity index (χ0n) is 27.8. The molecule has 12 rings (SSSR count). The fourth-order valence-electron chi connectivity index (χ4n) is 14.2. The molecule has 6 heteroatoms. The van der Waals surface area contributed by atoms with Gasteiger partial charge in [0, 0.05) is 70.8 Å². The lowest BCUT2D eigenvalue weighted by Gasteiger charge is -2.57. The van der Waals surface area contributed by atoms with Crippen molar-refractivity contribution >= 4 is 23.2 Å². The fourth-order valence-corrected chi connectivity index (χ4v) is 14.2. The van der Waals surface area contributed by atoms with Crippen LogP contribution in [0.5, 0.6) is 0 Å². The molecule has 8 aliphatic heterocycles. The third-order valence-electron chi connectivity index (χ3n) is 15.7. The van der Waals surface area contributed by atoms with Crippen molar-refractivity contribution in [1.29, 1.82) is 0 Å². The van der Waals surface area contributed by atoms with Crippen LogP contribution < -0.4 is 9.80 Å². The number of amides is 2. The van der Waals surface area contributed by atoms with E-state index in [0.717, 1.165) is 50.2 Å². The summed E-state index contributed by atoms with van der Waals surface area (Å²) in [6.07, 6.45) is 15.7. The third kappa shape index (κ3) is 2.73. The predicted molar refractivity (Wildman–Crippen MR) is 186 cm³/mol. The van der Waals surface area contributed by atoms with Gasteiger partial charge in [-0.25, -0.2) is 0 Å². The molecule has 6 fully saturated rings. The molecule has 2 aliphatic carbocycles. The van der Waals surface area contributed by atoms with Crippen LogP contribution in [0.2, 0.25) is 0 Å². The first-order chi connectivity index (χ1) is 23.5. The molecule has 2 saturated carbocycles. The lowest BCUT2D eigenvalue weighted by molar-refractivity contribution is -0.118. The molecule has 4 bridgehead atoms. The van der Waals surface area contributed by atoms with Gasteiger partial charge in [-0.15, -0.1) is 0 Å². The Hall–Kier alpha value is -3.74. The first-order valence-corrected chi connectivity index (χ1v) is 18.6. The van der Waals surface area contributed by atoms with Gasteiger partial charge in [-0.1, -0.05) is 71.8 Å². The van der Waals surface area contributed by atoms with Crippen molar-refractivity contribution in [2.24, 2.45) is 23.7 Å². The summed E-state index contributed by atoms with van der Waals surface area (Å²) in [5, 5.41) is 0. The monoisotopic (exact) mass is 634 g/mol. The highest BCUT2D eigenvalue weighted by Crippen LogP contribution is 2.68. The van der Waals surface area contributed by atoms with Gasteiger partial charge < -0.3 is 9.80 Å². The van der Waals surface area contributed by atoms with Gasteiger partial charge in [0.05, 0.1) is 12.1 Å². The SMILES string of the molecule is CC=C1CN2[C@@H](C3=C[C@@H]4[C@@H]5N(C3=O)c3ccccc3[C@@]53CCN5C/C(=C\C)[C@@H]4C[C@H]53)C[C@]34c5ccccc5N5C(=O)C=C[C@@H]([C@H]53)[C@H]1C[C@H]24. The Kier molecular flexibility index (Phi) is 4.91. The lowest BCUT2D eigenvalue weighted by atomic mass is 9.54. The molecule has 0 radical (unpaired) electrons. The maximum atomic E-state index is 15.5. The number of carbonyl (C=O) groups excluding carboxylic acids is 2. The summed E-state index contributed by atoms with van der Waals surface area (Å²) in [6.45, 7) is 7.52. The molecule has 4 saturated heterocycles. The number of benzene rings is 2. The summed E-state index contributed by atoms with van der Waals surface area (Å²) in [7, 11) is 0. The number of allylic oxidation sites excluding steroid dienone is 2. The Morgan fingerprint density at radius 2 is 1.44 bits per heavy atom. The van der Waals surface area contributed by atoms with Gasteiger partial charge in [0.1, 0.15) is 0 Å². The van der Waals surface area contributed by atoms with Gasteiger partial charge in [0.15, 0.2) is 0 Å². The van der Waals surface area contributed by atoms with E-state index in [2.05, 4.69) is 106 Å². The van der Waals surface area contributed by atoms with Gasteiger partial charge >= 0.3 is 0 Å². The van der Waals surface area contributed by atoms with Crippen LogP contribution in [0.4, 0.5) is 11.4 Å². The molecule has 2 aromatic carbocycles. The van der Waals surface area contributed by atoms with Crippen LogP contribution in [-0.2, 0) is 20.4 Å². The molecule has 2 spiro atoms. The molecule has 10 aliphatic rings. The zero-order valence-corrected chi connectivity index (χ0v) is 27.8. The van der Waals surface area contributed by atoms with Crippen LogP contribution in [0.25, 0.3) is 0 Å². The molecule has 8 heterocycles. The normalized spacial score (nSPS) is 45.5. The third-order valence-corrected chi connectivity index (χ3v) is 15.7. The topological polar surface area (TPSA) is 47.1 Å². The Labute approximate surface area is 282 Å². The number of para-hydroxylation sites is 2. The largest absolute Gasteiger partial charge is 0.304 e. The molecular formula is C42H42N4O2. The van der Waals surface area contributed by atoms with E-state index in [1.165, 1.54) is 28.8 Å². The number of carbonyl (C=O) groups is 2. The van der Waals surface area contributed by atoms with Gasteiger partial charge in [-0.2, -0.15) is 0 Å². The number of piperidine rings is 2. The van der Waals surface area contributed by atoms with Crippen molar-refractivity contribution in [3.8, 4) is 0 Å². The maximum Gasteiger partial charge on any atom is 0.255 e. The van der Waals surface area contributed by atoms with Gasteiger partial charge in [0.25, 0.3) is 11.8 Å². The highest BCUT2D eigenvalue weighted by Gasteiger charge is 2.73. The molecule has 11 atom stereocenters. The van der Waals surface area contributed by atoms with Gasteiger partial charge in [-0.3, -0.25) is 19.4 Å². The maximum absolute atomic E-state index is 15.5. The molecule has 0 aromatic heterocycles. The first kappa shape index (κ1) is 27.1. The summed E-state index contributed by atoms with van der Waals surface area (Å²) in [5.74, 6) is 1.87. The Balaban J connectivity index is 1.07. The van der Waals surface area contributed by atoms with Crippen molar-refractivity contribution < 1.29 is 9.59 Å². The number of hydrogen-bond acceptors (Lipinski definition) is 4. The van der Waals surface area contributed by atoms with Crippen LogP contribution in [0.3, 0.4) is 0 Å². The van der Waals surface area contributed by atoms with E-state index in [1.54, 1.807) is 5.57 Å². The van der Waals surface area contributed by atoms with Crippen LogP contribution >= 0.6 is 0 Å². The molecule has 2 aromatic rings. The second kappa shape index (κ2) is 8.70. The second-order valence-corrected chi connectivity index (χ2v) is 16.6. The lowest BCUT2D eigenvalue weighted by Crippen LogP contribution is -2.66. The molecule has 2 amide bonds. The molecule has 242 valence electrons. The number of anilines is 2. The van der Waals surface area contributed by atoms with E-state index < -0.39 is 0 Å². The highest BCUT2D eigenvalue weighted by molar-refractivity contribution is 6.10. The predicted octanol–water partition coefficient (Wildman–Crippen LogP) is 5.51. The van der Waals surface area contributed by atoms with E-state index in [-0.39, 0.29) is 40.8 Å². The Morgan fingerprint density at radius 1 is 0.771 bits per heavy atom. The summed E-state index contributed by atoms with van der Waals surface area (Å²) in [5.41, 5.74) is 8.92. The van der Waals surface area contributed by atoms with Crippen molar-refractivity contribution in [3.05, 3.63) is 107 Å². The van der Waals surface area contributed by atoms with E-state index >= 15 is 4.79 Å². The van der Waals surface area contributed by atoms with Crippen LogP contribution in [-0.4, -0.2) is 71.5 Å². The highest BCUT2D eigenvalue weighted by atomic mass is 16.2. The van der Waals surface area contributed by atoms with E-state index in [4.69, 9.17) is 0 Å². The van der Waals surface area contributed by atoms with Crippen molar-refractivity contribution in [3.63, 3.8) is 0 Å².